The van der Waals surface area contributed by atoms with Crippen molar-refractivity contribution in [1.82, 2.24) is 9.97 Å². The van der Waals surface area contributed by atoms with E-state index in [1.807, 2.05) is 85.5 Å². The van der Waals surface area contributed by atoms with Crippen molar-refractivity contribution in [2.75, 3.05) is 0 Å². The van der Waals surface area contributed by atoms with Gasteiger partial charge in [-0.15, -0.1) is 0 Å². The summed E-state index contributed by atoms with van der Waals surface area (Å²) in [6.45, 7) is 0. The second-order valence-electron chi connectivity index (χ2n) is 8.86. The van der Waals surface area contributed by atoms with Crippen LogP contribution in [-0.4, -0.2) is 22.4 Å². The van der Waals surface area contributed by atoms with Gasteiger partial charge in [-0.25, -0.2) is 0 Å². The van der Waals surface area contributed by atoms with Gasteiger partial charge in [-0.05, 0) is 64.7 Å². The minimum absolute atomic E-state index is 0.851. The summed E-state index contributed by atoms with van der Waals surface area (Å²) in [5.74, 6) is 0. The van der Waals surface area contributed by atoms with Crippen molar-refractivity contribution in [3.05, 3.63) is 144 Å². The Kier molecular flexibility index (Phi) is 6.29. The third-order valence-electron chi connectivity index (χ3n) is 6.36. The molecule has 0 aliphatic heterocycles. The first kappa shape index (κ1) is 22.5. The zero-order valence-electron chi connectivity index (χ0n) is 20.2. The first-order valence-electron chi connectivity index (χ1n) is 12.3. The molecule has 6 aromatic rings. The fourth-order valence-corrected chi connectivity index (χ4v) is 4.40. The highest BCUT2D eigenvalue weighted by Crippen LogP contribution is 2.21. The lowest BCUT2D eigenvalue weighted by atomic mass is 10.0. The lowest BCUT2D eigenvalue weighted by molar-refractivity contribution is 1.19. The van der Waals surface area contributed by atoms with Crippen LogP contribution in [0.5, 0.6) is 0 Å². The molecule has 4 heteroatoms. The molecule has 0 saturated carbocycles. The van der Waals surface area contributed by atoms with Crippen LogP contribution in [-0.2, 0) is 6.42 Å². The summed E-state index contributed by atoms with van der Waals surface area (Å²) in [7, 11) is 0. The van der Waals surface area contributed by atoms with E-state index in [1.54, 1.807) is 0 Å². The summed E-state index contributed by atoms with van der Waals surface area (Å²) in [6, 6.07) is 37.2. The molecule has 0 atom stereocenters. The van der Waals surface area contributed by atoms with Crippen molar-refractivity contribution < 1.29 is 0 Å². The van der Waals surface area contributed by atoms with E-state index in [0.717, 1.165) is 50.7 Å². The minimum Gasteiger partial charge on any atom is -0.255 e. The summed E-state index contributed by atoms with van der Waals surface area (Å²) in [6.07, 6.45) is 8.17. The molecule has 0 spiro atoms. The van der Waals surface area contributed by atoms with Crippen molar-refractivity contribution >= 4 is 45.3 Å². The van der Waals surface area contributed by atoms with Gasteiger partial charge in [-0.2, -0.15) is 0 Å². The zero-order valence-corrected chi connectivity index (χ0v) is 20.2. The molecule has 6 rings (SSSR count). The van der Waals surface area contributed by atoms with Crippen LogP contribution in [0.4, 0.5) is 11.4 Å². The second kappa shape index (κ2) is 10.3. The first-order valence-corrected chi connectivity index (χ1v) is 12.3. The molecule has 0 radical (unpaired) electrons. The predicted molar refractivity (Wildman–Crippen MR) is 154 cm³/mol. The Morgan fingerprint density at radius 3 is 1.38 bits per heavy atom. The lowest BCUT2D eigenvalue weighted by Crippen LogP contribution is -1.90. The van der Waals surface area contributed by atoms with Gasteiger partial charge >= 0.3 is 0 Å². The van der Waals surface area contributed by atoms with E-state index in [9.17, 15) is 0 Å². The van der Waals surface area contributed by atoms with Crippen LogP contribution in [0.25, 0.3) is 21.5 Å². The van der Waals surface area contributed by atoms with Crippen LogP contribution >= 0.6 is 0 Å². The number of hydrogen-bond donors (Lipinski definition) is 0. The van der Waals surface area contributed by atoms with E-state index in [4.69, 9.17) is 0 Å². The fourth-order valence-electron chi connectivity index (χ4n) is 4.40. The fraction of sp³-hybridized carbons (Fsp3) is 0.0303. The van der Waals surface area contributed by atoms with Crippen LogP contribution in [0.2, 0.25) is 0 Å². The van der Waals surface area contributed by atoms with Gasteiger partial charge in [0.2, 0.25) is 0 Å². The molecule has 4 nitrogen and oxygen atoms in total. The minimum atomic E-state index is 0.851. The Hall–Kier alpha value is -4.96. The maximum atomic E-state index is 4.64. The van der Waals surface area contributed by atoms with Crippen LogP contribution in [0.1, 0.15) is 22.5 Å². The third-order valence-corrected chi connectivity index (χ3v) is 6.36. The van der Waals surface area contributed by atoms with Crippen molar-refractivity contribution in [1.29, 1.82) is 0 Å². The number of rotatable bonds is 6. The number of fused-ring (bicyclic) bond motifs is 2. The van der Waals surface area contributed by atoms with E-state index >= 15 is 0 Å². The normalized spacial score (nSPS) is 11.7. The average molecular weight is 477 g/mol. The molecule has 0 fully saturated rings. The Morgan fingerprint density at radius 2 is 0.919 bits per heavy atom. The highest BCUT2D eigenvalue weighted by molar-refractivity contribution is 5.99. The highest BCUT2D eigenvalue weighted by atomic mass is 14.8. The topological polar surface area (TPSA) is 50.5 Å². The zero-order chi connectivity index (χ0) is 24.9. The molecule has 0 N–H and O–H groups in total. The summed E-state index contributed by atoms with van der Waals surface area (Å²) < 4.78 is 0. The van der Waals surface area contributed by atoms with Gasteiger partial charge in [0.05, 0.1) is 35.2 Å². The number of benzene rings is 4. The standard InChI is InChI=1S/C33H24N4/c1-3-7-30-26(5-1)17-19-34-32(30)22-36-28-13-9-24(10-14-28)21-25-11-15-29(16-12-25)37-23-33-31-8-4-2-6-27(31)18-20-35-33/h1-20,22-23H,21H2. The highest BCUT2D eigenvalue weighted by Gasteiger charge is 2.02. The molecule has 0 saturated heterocycles. The largest absolute Gasteiger partial charge is 0.255 e. The molecule has 2 aromatic heterocycles. The van der Waals surface area contributed by atoms with Crippen molar-refractivity contribution in [3.8, 4) is 0 Å². The van der Waals surface area contributed by atoms with E-state index < -0.39 is 0 Å². The molecular weight excluding hydrogens is 452 g/mol. The van der Waals surface area contributed by atoms with Crippen molar-refractivity contribution in [2.45, 2.75) is 6.42 Å². The van der Waals surface area contributed by atoms with Crippen LogP contribution in [0.15, 0.2) is 132 Å². The monoisotopic (exact) mass is 476 g/mol. The van der Waals surface area contributed by atoms with Gasteiger partial charge in [0.25, 0.3) is 0 Å². The van der Waals surface area contributed by atoms with Crippen LogP contribution < -0.4 is 0 Å². The Morgan fingerprint density at radius 1 is 0.486 bits per heavy atom. The van der Waals surface area contributed by atoms with Crippen molar-refractivity contribution in [2.24, 2.45) is 9.98 Å². The Bertz CT molecular complexity index is 1590. The van der Waals surface area contributed by atoms with Crippen molar-refractivity contribution in [3.63, 3.8) is 0 Å². The molecule has 176 valence electrons. The Balaban J connectivity index is 1.12. The van der Waals surface area contributed by atoms with Crippen LogP contribution in [0, 0.1) is 0 Å². The first-order chi connectivity index (χ1) is 18.3. The van der Waals surface area contributed by atoms with Crippen LogP contribution in [0.3, 0.4) is 0 Å². The van der Waals surface area contributed by atoms with Gasteiger partial charge in [-0.3, -0.25) is 20.0 Å². The number of hydrogen-bond acceptors (Lipinski definition) is 4. The molecule has 0 aliphatic rings. The van der Waals surface area contributed by atoms with Gasteiger partial charge in [0.15, 0.2) is 0 Å². The predicted octanol–water partition coefficient (Wildman–Crippen LogP) is 7.88. The summed E-state index contributed by atoms with van der Waals surface area (Å²) in [5, 5.41) is 4.53. The lowest BCUT2D eigenvalue weighted by Gasteiger charge is -2.04. The SMILES string of the molecule is C(=Nc1ccc(Cc2ccc(N=Cc3nccc4ccccc34)cc2)cc1)c1nccc2ccccc12. The van der Waals surface area contributed by atoms with E-state index in [-0.39, 0.29) is 0 Å². The summed E-state index contributed by atoms with van der Waals surface area (Å²) in [4.78, 5) is 18.3. The maximum Gasteiger partial charge on any atom is 0.0890 e. The van der Waals surface area contributed by atoms with E-state index in [2.05, 4.69) is 68.5 Å². The molecule has 0 amide bonds. The molecule has 0 aliphatic carbocycles. The smallest absolute Gasteiger partial charge is 0.0890 e. The molecule has 0 bridgehead atoms. The number of aliphatic imine (C=N–C) groups is 2. The van der Waals surface area contributed by atoms with Gasteiger partial charge in [0, 0.05) is 23.2 Å². The number of pyridine rings is 2. The average Bonchev–Trinajstić information content (AvgIpc) is 2.96. The second-order valence-corrected chi connectivity index (χ2v) is 8.86. The Labute approximate surface area is 215 Å². The molecular formula is C33H24N4. The number of aromatic nitrogens is 2. The summed E-state index contributed by atoms with van der Waals surface area (Å²) >= 11 is 0. The van der Waals surface area contributed by atoms with Gasteiger partial charge in [-0.1, -0.05) is 72.8 Å². The molecule has 37 heavy (non-hydrogen) atoms. The van der Waals surface area contributed by atoms with E-state index in [1.165, 1.54) is 11.1 Å². The van der Waals surface area contributed by atoms with Gasteiger partial charge in [0.1, 0.15) is 0 Å². The van der Waals surface area contributed by atoms with Gasteiger partial charge < -0.3 is 0 Å². The third kappa shape index (κ3) is 5.19. The number of nitrogens with zero attached hydrogens (tertiary/aromatic N) is 4. The molecule has 0 unspecified atom stereocenters. The molecule has 4 aromatic carbocycles. The quantitative estimate of drug-likeness (QED) is 0.230. The van der Waals surface area contributed by atoms with E-state index in [0.29, 0.717) is 0 Å². The summed E-state index contributed by atoms with van der Waals surface area (Å²) in [5.41, 5.74) is 6.04. The maximum absolute atomic E-state index is 4.64. The molecule has 2 heterocycles.